The van der Waals surface area contributed by atoms with E-state index in [1.165, 1.54) is 0 Å². The summed E-state index contributed by atoms with van der Waals surface area (Å²) in [6.45, 7) is 3.76. The second-order valence-corrected chi connectivity index (χ2v) is 6.87. The fourth-order valence-corrected chi connectivity index (χ4v) is 2.88. The number of aliphatic imine (C=N–C) groups is 1. The molecule has 158 valence electrons. The number of ether oxygens (including phenoxy) is 2. The lowest BCUT2D eigenvalue weighted by Crippen LogP contribution is -2.23. The van der Waals surface area contributed by atoms with Gasteiger partial charge in [0.25, 0.3) is 0 Å². The summed E-state index contributed by atoms with van der Waals surface area (Å²) in [6.07, 6.45) is 0. The Morgan fingerprint density at radius 2 is 1.61 bits per heavy atom. The second-order valence-electron chi connectivity index (χ2n) is 6.87. The fraction of sp³-hybridized carbons (Fsp3) is 0.160. The zero-order valence-electron chi connectivity index (χ0n) is 18.0. The monoisotopic (exact) mass is 415 g/mol. The molecule has 3 aromatic rings. The number of anilines is 1. The third-order valence-electron chi connectivity index (χ3n) is 4.62. The lowest BCUT2D eigenvalue weighted by molar-refractivity contribution is 0.106. The van der Waals surface area contributed by atoms with Crippen LogP contribution in [-0.2, 0) is 0 Å². The Morgan fingerprint density at radius 1 is 0.903 bits per heavy atom. The summed E-state index contributed by atoms with van der Waals surface area (Å²) in [5.74, 6) is 0.967. The van der Waals surface area contributed by atoms with Gasteiger partial charge in [-0.3, -0.25) is 10.2 Å². The van der Waals surface area contributed by atoms with Gasteiger partial charge in [0.2, 0.25) is 5.78 Å². The van der Waals surface area contributed by atoms with E-state index in [-0.39, 0.29) is 11.5 Å². The molecular formula is C25H25N3O3. The van der Waals surface area contributed by atoms with Crippen molar-refractivity contribution in [2.24, 2.45) is 10.1 Å². The van der Waals surface area contributed by atoms with E-state index in [4.69, 9.17) is 9.47 Å². The predicted molar refractivity (Wildman–Crippen MR) is 125 cm³/mol. The zero-order valence-corrected chi connectivity index (χ0v) is 18.0. The van der Waals surface area contributed by atoms with Gasteiger partial charge in [0, 0.05) is 11.6 Å². The summed E-state index contributed by atoms with van der Waals surface area (Å²) in [4.78, 5) is 17.8. The number of rotatable bonds is 8. The number of benzene rings is 3. The average molecular weight is 415 g/mol. The lowest BCUT2D eigenvalue weighted by atomic mass is 10.0. The van der Waals surface area contributed by atoms with Gasteiger partial charge in [-0.15, -0.1) is 0 Å². The number of nitrogens with one attached hydrogen (secondary N) is 1. The normalized spacial score (nSPS) is 11.7. The number of hydrazone groups is 1. The topological polar surface area (TPSA) is 72.3 Å². The van der Waals surface area contributed by atoms with Crippen molar-refractivity contribution in [3.05, 3.63) is 83.9 Å². The fourth-order valence-electron chi connectivity index (χ4n) is 2.88. The smallest absolute Gasteiger partial charge is 0.215 e. The van der Waals surface area contributed by atoms with E-state index in [2.05, 4.69) is 15.5 Å². The molecule has 0 amide bonds. The SMILES string of the molecule is COc1ccc(N=C(C)/C(=N\Nc2ccc(C)cc2)C(=O)c2ccccc2)c(OC)c1. The van der Waals surface area contributed by atoms with E-state index in [1.807, 2.05) is 49.4 Å². The molecular weight excluding hydrogens is 390 g/mol. The maximum Gasteiger partial charge on any atom is 0.215 e. The quantitative estimate of drug-likeness (QED) is 0.301. The number of Topliss-reactive ketones (excluding diaryl/α,β-unsaturated/α-hetero) is 1. The Morgan fingerprint density at radius 3 is 2.26 bits per heavy atom. The molecule has 0 spiro atoms. The van der Waals surface area contributed by atoms with Gasteiger partial charge in [0.1, 0.15) is 17.2 Å². The Labute approximate surface area is 182 Å². The molecule has 0 bridgehead atoms. The first kappa shape index (κ1) is 21.8. The number of hydrogen-bond donors (Lipinski definition) is 1. The summed E-state index contributed by atoms with van der Waals surface area (Å²) in [6, 6.07) is 22.1. The molecule has 0 aromatic heterocycles. The van der Waals surface area contributed by atoms with Crippen molar-refractivity contribution >= 4 is 28.6 Å². The number of hydrogen-bond acceptors (Lipinski definition) is 6. The van der Waals surface area contributed by atoms with E-state index < -0.39 is 0 Å². The van der Waals surface area contributed by atoms with Gasteiger partial charge in [0.05, 0.1) is 25.6 Å². The van der Waals surface area contributed by atoms with E-state index >= 15 is 0 Å². The van der Waals surface area contributed by atoms with Crippen LogP contribution in [0, 0.1) is 6.92 Å². The zero-order chi connectivity index (χ0) is 22.2. The minimum absolute atomic E-state index is 0.213. The number of carbonyl (C=O) groups excluding carboxylic acids is 1. The molecule has 1 N–H and O–H groups in total. The Kier molecular flexibility index (Phi) is 7.17. The van der Waals surface area contributed by atoms with Crippen LogP contribution in [0.5, 0.6) is 11.5 Å². The first-order chi connectivity index (χ1) is 15.0. The van der Waals surface area contributed by atoms with Gasteiger partial charge in [0.15, 0.2) is 5.71 Å². The molecule has 0 saturated carbocycles. The number of nitrogens with zero attached hydrogens (tertiary/aromatic N) is 2. The first-order valence-corrected chi connectivity index (χ1v) is 9.79. The van der Waals surface area contributed by atoms with Gasteiger partial charge in [-0.1, -0.05) is 48.0 Å². The van der Waals surface area contributed by atoms with Crippen molar-refractivity contribution in [1.82, 2.24) is 0 Å². The van der Waals surface area contributed by atoms with Crippen LogP contribution < -0.4 is 14.9 Å². The molecule has 0 aliphatic heterocycles. The van der Waals surface area contributed by atoms with Crippen molar-refractivity contribution in [3.63, 3.8) is 0 Å². The van der Waals surface area contributed by atoms with Crippen LogP contribution in [0.1, 0.15) is 22.8 Å². The van der Waals surface area contributed by atoms with Gasteiger partial charge in [-0.05, 0) is 38.1 Å². The largest absolute Gasteiger partial charge is 0.497 e. The highest BCUT2D eigenvalue weighted by molar-refractivity contribution is 6.70. The summed E-state index contributed by atoms with van der Waals surface area (Å²) in [5.41, 5.74) is 6.66. The maximum atomic E-state index is 13.2. The molecule has 0 saturated heterocycles. The molecule has 3 aromatic carbocycles. The number of ketones is 1. The van der Waals surface area contributed by atoms with Crippen LogP contribution in [0.2, 0.25) is 0 Å². The van der Waals surface area contributed by atoms with Gasteiger partial charge < -0.3 is 9.47 Å². The highest BCUT2D eigenvalue weighted by atomic mass is 16.5. The third-order valence-corrected chi connectivity index (χ3v) is 4.62. The predicted octanol–water partition coefficient (Wildman–Crippen LogP) is 5.46. The highest BCUT2D eigenvalue weighted by Gasteiger charge is 2.18. The van der Waals surface area contributed by atoms with E-state index in [0.717, 1.165) is 11.3 Å². The van der Waals surface area contributed by atoms with Crippen molar-refractivity contribution < 1.29 is 14.3 Å². The average Bonchev–Trinajstić information content (AvgIpc) is 2.81. The summed E-state index contributed by atoms with van der Waals surface area (Å²) in [7, 11) is 3.15. The van der Waals surface area contributed by atoms with Gasteiger partial charge in [-0.2, -0.15) is 5.10 Å². The minimum Gasteiger partial charge on any atom is -0.497 e. The number of methoxy groups -OCH3 is 2. The molecule has 6 heteroatoms. The van der Waals surface area contributed by atoms with Crippen molar-refractivity contribution in [2.75, 3.05) is 19.6 Å². The number of carbonyl (C=O) groups is 1. The molecule has 0 radical (unpaired) electrons. The lowest BCUT2D eigenvalue weighted by Gasteiger charge is -2.10. The minimum atomic E-state index is -0.228. The third kappa shape index (κ3) is 5.57. The molecule has 6 nitrogen and oxygen atoms in total. The Balaban J connectivity index is 2.00. The van der Waals surface area contributed by atoms with Gasteiger partial charge in [-0.25, -0.2) is 4.99 Å². The molecule has 0 unspecified atom stereocenters. The van der Waals surface area contributed by atoms with Crippen molar-refractivity contribution in [1.29, 1.82) is 0 Å². The Bertz CT molecular complexity index is 1100. The number of aryl methyl sites for hydroxylation is 1. The highest BCUT2D eigenvalue weighted by Crippen LogP contribution is 2.31. The molecule has 0 heterocycles. The van der Waals surface area contributed by atoms with Crippen LogP contribution in [0.3, 0.4) is 0 Å². The molecule has 0 aliphatic rings. The van der Waals surface area contributed by atoms with Crippen molar-refractivity contribution in [3.8, 4) is 11.5 Å². The maximum absolute atomic E-state index is 13.2. The molecule has 0 aliphatic carbocycles. The second kappa shape index (κ2) is 10.2. The summed E-state index contributed by atoms with van der Waals surface area (Å²) < 4.78 is 10.7. The van der Waals surface area contributed by atoms with Gasteiger partial charge >= 0.3 is 0 Å². The van der Waals surface area contributed by atoms with Crippen LogP contribution in [0.4, 0.5) is 11.4 Å². The van der Waals surface area contributed by atoms with E-state index in [1.54, 1.807) is 51.5 Å². The van der Waals surface area contributed by atoms with Crippen LogP contribution in [0.15, 0.2) is 82.9 Å². The standard InChI is InChI=1S/C25H25N3O3/c1-17-10-12-20(13-11-17)27-28-24(25(29)19-8-6-5-7-9-19)18(2)26-22-15-14-21(30-3)16-23(22)31-4/h5-16,27H,1-4H3/b26-18?,28-24+. The summed E-state index contributed by atoms with van der Waals surface area (Å²) in [5, 5.41) is 4.41. The van der Waals surface area contributed by atoms with Crippen LogP contribution in [-0.4, -0.2) is 31.4 Å². The van der Waals surface area contributed by atoms with E-state index in [0.29, 0.717) is 28.5 Å². The summed E-state index contributed by atoms with van der Waals surface area (Å²) >= 11 is 0. The molecule has 0 atom stereocenters. The van der Waals surface area contributed by atoms with Crippen LogP contribution >= 0.6 is 0 Å². The van der Waals surface area contributed by atoms with Crippen LogP contribution in [0.25, 0.3) is 0 Å². The van der Waals surface area contributed by atoms with E-state index in [9.17, 15) is 4.79 Å². The first-order valence-electron chi connectivity index (χ1n) is 9.79. The Hall–Kier alpha value is -3.93. The van der Waals surface area contributed by atoms with Crippen molar-refractivity contribution in [2.45, 2.75) is 13.8 Å². The molecule has 0 fully saturated rings. The molecule has 3 rings (SSSR count). The molecule has 31 heavy (non-hydrogen) atoms.